The van der Waals surface area contributed by atoms with E-state index in [4.69, 9.17) is 14.8 Å². The van der Waals surface area contributed by atoms with E-state index in [1.54, 1.807) is 0 Å². The van der Waals surface area contributed by atoms with E-state index in [0.717, 1.165) is 56.7 Å². The van der Waals surface area contributed by atoms with Crippen LogP contribution in [0.2, 0.25) is 0 Å². The molecule has 0 radical (unpaired) electrons. The fourth-order valence-electron chi connectivity index (χ4n) is 7.65. The van der Waals surface area contributed by atoms with Crippen LogP contribution in [0.4, 0.5) is 0 Å². The standard InChI is InChI=1S/C37H22N6O/c1-2-9-23(10-3-1)24-18-20-25(21-19-24)34-38-35-30-15-7-17-32-42(30)37(43(35)39-34)33-29(14-6-16-31(33)44-32)41-28-13-5-4-11-26(28)27-12-8-22-40(37)36(27)41/h1-22H/q+2. The van der Waals surface area contributed by atoms with E-state index in [2.05, 4.69) is 134 Å². The van der Waals surface area contributed by atoms with Gasteiger partial charge in [0.15, 0.2) is 22.8 Å². The Balaban J connectivity index is 1.24. The molecule has 0 aliphatic carbocycles. The summed E-state index contributed by atoms with van der Waals surface area (Å²) < 4.78 is 15.7. The van der Waals surface area contributed by atoms with Gasteiger partial charge in [-0.05, 0) is 53.6 Å². The zero-order valence-electron chi connectivity index (χ0n) is 23.3. The lowest BCUT2D eigenvalue weighted by Crippen LogP contribution is -2.78. The molecule has 7 nitrogen and oxygen atoms in total. The van der Waals surface area contributed by atoms with Crippen LogP contribution in [-0.4, -0.2) is 19.3 Å². The molecule has 3 aliphatic rings. The van der Waals surface area contributed by atoms with Crippen molar-refractivity contribution in [2.24, 2.45) is 0 Å². The van der Waals surface area contributed by atoms with Crippen LogP contribution in [0.5, 0.6) is 11.6 Å². The van der Waals surface area contributed by atoms with E-state index in [0.29, 0.717) is 5.82 Å². The summed E-state index contributed by atoms with van der Waals surface area (Å²) in [6.07, 6.45) is 2.17. The molecule has 0 amide bonds. The molecule has 8 aromatic rings. The third kappa shape index (κ3) is 2.48. The molecule has 44 heavy (non-hydrogen) atoms. The number of para-hydroxylation sites is 1. The Morgan fingerprint density at radius 1 is 0.659 bits per heavy atom. The van der Waals surface area contributed by atoms with Crippen LogP contribution in [0.15, 0.2) is 134 Å². The van der Waals surface area contributed by atoms with Crippen LogP contribution < -0.4 is 13.9 Å². The number of hydrogen-bond donors (Lipinski definition) is 0. The maximum Gasteiger partial charge on any atom is 0.453 e. The molecule has 3 aliphatic heterocycles. The molecule has 204 valence electrons. The Morgan fingerprint density at radius 2 is 1.43 bits per heavy atom. The minimum absolute atomic E-state index is 0.690. The number of benzene rings is 4. The second kappa shape index (κ2) is 7.65. The van der Waals surface area contributed by atoms with Gasteiger partial charge in [0.1, 0.15) is 11.7 Å². The third-order valence-electron chi connectivity index (χ3n) is 9.39. The zero-order chi connectivity index (χ0) is 28.6. The molecule has 11 rings (SSSR count). The van der Waals surface area contributed by atoms with Crippen molar-refractivity contribution in [1.29, 1.82) is 0 Å². The summed E-state index contributed by atoms with van der Waals surface area (Å²) in [6.45, 7) is 0. The van der Waals surface area contributed by atoms with Gasteiger partial charge in [0.2, 0.25) is 5.82 Å². The lowest BCUT2D eigenvalue weighted by atomic mass is 9.99. The lowest BCUT2D eigenvalue weighted by molar-refractivity contribution is -0.974. The number of rotatable bonds is 2. The second-order valence-electron chi connectivity index (χ2n) is 11.6. The number of fused-ring (bicyclic) bond motifs is 6. The van der Waals surface area contributed by atoms with Gasteiger partial charge in [0.05, 0.1) is 11.5 Å². The van der Waals surface area contributed by atoms with Crippen LogP contribution in [-0.2, 0) is 5.79 Å². The van der Waals surface area contributed by atoms with E-state index in [-0.39, 0.29) is 0 Å². The highest BCUT2D eigenvalue weighted by Gasteiger charge is 2.69. The highest BCUT2D eigenvalue weighted by atomic mass is 16.5. The van der Waals surface area contributed by atoms with E-state index < -0.39 is 5.79 Å². The van der Waals surface area contributed by atoms with Gasteiger partial charge in [-0.1, -0.05) is 77.4 Å². The number of nitrogens with zero attached hydrogens (tertiary/aromatic N) is 6. The minimum atomic E-state index is -0.884. The summed E-state index contributed by atoms with van der Waals surface area (Å²) in [7, 11) is 0. The van der Waals surface area contributed by atoms with E-state index in [1.165, 1.54) is 16.3 Å². The Labute approximate surface area is 251 Å². The summed E-state index contributed by atoms with van der Waals surface area (Å²) in [6, 6.07) is 44.4. The number of pyridine rings is 2. The maximum atomic E-state index is 6.65. The molecule has 0 saturated heterocycles. The Bertz CT molecular complexity index is 2530. The monoisotopic (exact) mass is 566 g/mol. The molecule has 0 saturated carbocycles. The van der Waals surface area contributed by atoms with Gasteiger partial charge in [0.25, 0.3) is 5.69 Å². The van der Waals surface area contributed by atoms with Gasteiger partial charge in [0, 0.05) is 17.0 Å². The van der Waals surface area contributed by atoms with Crippen molar-refractivity contribution in [1.82, 2.24) is 19.3 Å². The van der Waals surface area contributed by atoms with Gasteiger partial charge in [-0.25, -0.2) is 4.98 Å². The number of hydrogen-bond acceptors (Lipinski definition) is 3. The maximum absolute atomic E-state index is 6.65. The van der Waals surface area contributed by atoms with Crippen molar-refractivity contribution in [2.45, 2.75) is 5.79 Å². The molecular formula is C37H22N6O+2. The van der Waals surface area contributed by atoms with Crippen LogP contribution in [0.1, 0.15) is 5.56 Å². The fraction of sp³-hybridized carbons (Fsp3) is 0.0270. The normalized spacial score (nSPS) is 16.5. The van der Waals surface area contributed by atoms with Gasteiger partial charge in [-0.2, -0.15) is 4.57 Å². The molecule has 4 aromatic carbocycles. The summed E-state index contributed by atoms with van der Waals surface area (Å²) in [5.74, 6) is 2.17. The summed E-state index contributed by atoms with van der Waals surface area (Å²) >= 11 is 0. The van der Waals surface area contributed by atoms with Crippen molar-refractivity contribution in [2.75, 3.05) is 0 Å². The molecule has 4 aromatic heterocycles. The van der Waals surface area contributed by atoms with E-state index in [1.807, 2.05) is 18.2 Å². The van der Waals surface area contributed by atoms with Gasteiger partial charge in [-0.15, -0.1) is 14.3 Å². The summed E-state index contributed by atoms with van der Waals surface area (Å²) in [4.78, 5) is 5.21. The average molecular weight is 567 g/mol. The largest absolute Gasteiger partial charge is 0.453 e. The minimum Gasteiger partial charge on any atom is -0.404 e. The molecule has 0 fully saturated rings. The van der Waals surface area contributed by atoms with Crippen molar-refractivity contribution in [3.05, 3.63) is 139 Å². The first-order chi connectivity index (χ1) is 21.8. The molecule has 0 bridgehead atoms. The second-order valence-corrected chi connectivity index (χ2v) is 11.6. The highest BCUT2D eigenvalue weighted by molar-refractivity contribution is 6.07. The fourth-order valence-corrected chi connectivity index (χ4v) is 7.65. The molecule has 7 heteroatoms. The molecule has 1 atom stereocenters. The quantitative estimate of drug-likeness (QED) is 0.226. The zero-order valence-corrected chi connectivity index (χ0v) is 23.3. The van der Waals surface area contributed by atoms with Crippen molar-refractivity contribution in [3.8, 4) is 51.3 Å². The van der Waals surface area contributed by atoms with Crippen LogP contribution in [0, 0.1) is 0 Å². The first kappa shape index (κ1) is 22.5. The summed E-state index contributed by atoms with van der Waals surface area (Å²) in [5.41, 5.74) is 8.64. The number of ether oxygens (including phenoxy) is 1. The molecule has 7 heterocycles. The van der Waals surface area contributed by atoms with Crippen LogP contribution >= 0.6 is 0 Å². The van der Waals surface area contributed by atoms with Crippen molar-refractivity contribution < 1.29 is 13.9 Å². The average Bonchev–Trinajstić information content (AvgIpc) is 3.75. The topological polar surface area (TPSA) is 52.6 Å². The Hall–Kier alpha value is -6.08. The molecular weight excluding hydrogens is 544 g/mol. The molecule has 0 N–H and O–H groups in total. The van der Waals surface area contributed by atoms with E-state index in [9.17, 15) is 0 Å². The van der Waals surface area contributed by atoms with Gasteiger partial charge in [-0.3, -0.25) is 0 Å². The lowest BCUT2D eigenvalue weighted by Gasteiger charge is -2.32. The smallest absolute Gasteiger partial charge is 0.404 e. The van der Waals surface area contributed by atoms with Gasteiger partial charge < -0.3 is 4.74 Å². The third-order valence-corrected chi connectivity index (χ3v) is 9.39. The Kier molecular flexibility index (Phi) is 3.91. The van der Waals surface area contributed by atoms with E-state index >= 15 is 0 Å². The Morgan fingerprint density at radius 3 is 2.34 bits per heavy atom. The van der Waals surface area contributed by atoms with Crippen LogP contribution in [0.25, 0.3) is 61.7 Å². The molecule has 1 spiro atoms. The van der Waals surface area contributed by atoms with Crippen molar-refractivity contribution >= 4 is 21.9 Å². The first-order valence-corrected chi connectivity index (χ1v) is 14.8. The predicted octanol–water partition coefficient (Wildman–Crippen LogP) is 6.44. The number of aromatic nitrogens is 6. The SMILES string of the molecule is c1ccc(-c2ccc(-c3nc4n(n3)C35c6c(cccc6-n6c7ccccc7c7ccc[n+]3c76)Oc3cccc-4[n+]35)cc2)cc1. The first-order valence-electron chi connectivity index (χ1n) is 14.8. The molecule has 1 unspecified atom stereocenters. The van der Waals surface area contributed by atoms with Crippen molar-refractivity contribution in [3.63, 3.8) is 0 Å². The van der Waals surface area contributed by atoms with Gasteiger partial charge >= 0.3 is 17.3 Å². The van der Waals surface area contributed by atoms with Crippen LogP contribution in [0.3, 0.4) is 0 Å². The highest BCUT2D eigenvalue weighted by Crippen LogP contribution is 2.49. The predicted molar refractivity (Wildman–Crippen MR) is 165 cm³/mol. The summed E-state index contributed by atoms with van der Waals surface area (Å²) in [5, 5.41) is 7.73.